The molecule has 0 aliphatic rings. The van der Waals surface area contributed by atoms with Crippen molar-refractivity contribution in [1.82, 2.24) is 0 Å². The fourth-order valence-corrected chi connectivity index (χ4v) is 2.76. The summed E-state index contributed by atoms with van der Waals surface area (Å²) in [7, 11) is -8.25. The van der Waals surface area contributed by atoms with E-state index in [1.807, 2.05) is 0 Å². The van der Waals surface area contributed by atoms with Crippen molar-refractivity contribution in [2.45, 2.75) is 11.5 Å². The van der Waals surface area contributed by atoms with Crippen LogP contribution in [0.1, 0.15) is 11.1 Å². The molecular weight excluding hydrogens is 384 g/mol. The van der Waals surface area contributed by atoms with E-state index in [0.717, 1.165) is 0 Å². The Morgan fingerprint density at radius 2 is 0.870 bits per heavy atom. The fraction of sp³-hybridized carbons (Fsp3) is 0.143. The van der Waals surface area contributed by atoms with Crippen molar-refractivity contribution in [2.24, 2.45) is 0 Å². The van der Waals surface area contributed by atoms with Crippen molar-refractivity contribution in [3.63, 3.8) is 0 Å². The van der Waals surface area contributed by atoms with Crippen LogP contribution < -0.4 is 0 Å². The standard InChI is InChI=1S/2C7H8O3S.Fe/c2*8-11(9,10)6-7-4-2-1-3-5-7;/h2*1-5H,6H2,(H,8,9,10);/q;;+2/p-2. The van der Waals surface area contributed by atoms with Crippen LogP contribution in [0.2, 0.25) is 0 Å². The van der Waals surface area contributed by atoms with Crippen LogP contribution in [0.25, 0.3) is 0 Å². The molecule has 0 amide bonds. The molecule has 0 saturated heterocycles. The van der Waals surface area contributed by atoms with Gasteiger partial charge in [-0.2, -0.15) is 0 Å². The van der Waals surface area contributed by atoms with E-state index < -0.39 is 31.7 Å². The second kappa shape index (κ2) is 9.82. The molecule has 0 heterocycles. The predicted octanol–water partition coefficient (Wildman–Crippen LogP) is 1.46. The fourth-order valence-electron chi connectivity index (χ4n) is 1.56. The topological polar surface area (TPSA) is 114 Å². The van der Waals surface area contributed by atoms with Crippen LogP contribution in [-0.4, -0.2) is 25.9 Å². The van der Waals surface area contributed by atoms with Crippen molar-refractivity contribution < 1.29 is 43.0 Å². The second-order valence-corrected chi connectivity index (χ2v) is 7.18. The summed E-state index contributed by atoms with van der Waals surface area (Å²) in [5.74, 6) is -0.846. The van der Waals surface area contributed by atoms with Crippen molar-refractivity contribution in [2.75, 3.05) is 0 Å². The van der Waals surface area contributed by atoms with Gasteiger partial charge in [-0.1, -0.05) is 60.7 Å². The van der Waals surface area contributed by atoms with E-state index in [-0.39, 0.29) is 17.1 Å². The van der Waals surface area contributed by atoms with E-state index >= 15 is 0 Å². The van der Waals surface area contributed by atoms with Gasteiger partial charge in [0.15, 0.2) is 0 Å². The zero-order valence-electron chi connectivity index (χ0n) is 11.8. The first-order chi connectivity index (χ1) is 10.2. The first-order valence-electron chi connectivity index (χ1n) is 6.11. The van der Waals surface area contributed by atoms with Gasteiger partial charge in [0.1, 0.15) is 0 Å². The van der Waals surface area contributed by atoms with Crippen LogP contribution in [0.5, 0.6) is 0 Å². The summed E-state index contributed by atoms with van der Waals surface area (Å²) < 4.78 is 61.5. The van der Waals surface area contributed by atoms with Crippen LogP contribution in [0.15, 0.2) is 60.7 Å². The quantitative estimate of drug-likeness (QED) is 0.569. The summed E-state index contributed by atoms with van der Waals surface area (Å²) in [5.41, 5.74) is 1.06. The third-order valence-electron chi connectivity index (χ3n) is 2.37. The molecule has 6 nitrogen and oxygen atoms in total. The minimum Gasteiger partial charge on any atom is -0.748 e. The van der Waals surface area contributed by atoms with Crippen LogP contribution in [0, 0.1) is 0 Å². The molecule has 0 unspecified atom stereocenters. The largest absolute Gasteiger partial charge is 2.00 e. The maximum Gasteiger partial charge on any atom is 2.00 e. The van der Waals surface area contributed by atoms with Gasteiger partial charge in [-0.3, -0.25) is 0 Å². The predicted molar refractivity (Wildman–Crippen MR) is 79.7 cm³/mol. The molecule has 0 spiro atoms. The van der Waals surface area contributed by atoms with Gasteiger partial charge < -0.3 is 9.11 Å². The van der Waals surface area contributed by atoms with Crippen molar-refractivity contribution in [3.8, 4) is 0 Å². The molecule has 0 radical (unpaired) electrons. The molecule has 2 rings (SSSR count). The molecule has 9 heteroatoms. The van der Waals surface area contributed by atoms with Crippen LogP contribution in [0.4, 0.5) is 0 Å². The van der Waals surface area contributed by atoms with Gasteiger partial charge in [0.2, 0.25) is 0 Å². The molecule has 2 aromatic rings. The Kier molecular flexibility index (Phi) is 9.29. The Morgan fingerprint density at radius 3 is 1.09 bits per heavy atom. The van der Waals surface area contributed by atoms with Gasteiger partial charge in [0, 0.05) is 0 Å². The summed E-state index contributed by atoms with van der Waals surface area (Å²) in [6.07, 6.45) is 0. The Labute approximate surface area is 146 Å². The maximum absolute atomic E-state index is 10.2. The monoisotopic (exact) mass is 398 g/mol. The van der Waals surface area contributed by atoms with Gasteiger partial charge in [-0.15, -0.1) is 0 Å². The van der Waals surface area contributed by atoms with Crippen LogP contribution in [0.3, 0.4) is 0 Å². The van der Waals surface area contributed by atoms with E-state index in [9.17, 15) is 25.9 Å². The molecule has 0 N–H and O–H groups in total. The smallest absolute Gasteiger partial charge is 0.748 e. The number of rotatable bonds is 4. The molecule has 0 fully saturated rings. The number of hydrogen-bond acceptors (Lipinski definition) is 6. The number of benzene rings is 2. The van der Waals surface area contributed by atoms with Crippen molar-refractivity contribution >= 4 is 20.2 Å². The molecule has 0 aliphatic carbocycles. The Morgan fingerprint density at radius 1 is 0.609 bits per heavy atom. The van der Waals surface area contributed by atoms with E-state index in [2.05, 4.69) is 0 Å². The summed E-state index contributed by atoms with van der Waals surface area (Å²) in [4.78, 5) is 0. The average Bonchev–Trinajstić information content (AvgIpc) is 2.38. The van der Waals surface area contributed by atoms with E-state index in [1.54, 1.807) is 60.7 Å². The zero-order chi connectivity index (χ0) is 16.6. The van der Waals surface area contributed by atoms with Gasteiger partial charge in [-0.05, 0) is 11.1 Å². The molecule has 2 aromatic carbocycles. The molecule has 126 valence electrons. The molecule has 23 heavy (non-hydrogen) atoms. The van der Waals surface area contributed by atoms with Gasteiger partial charge >= 0.3 is 17.1 Å². The van der Waals surface area contributed by atoms with Crippen molar-refractivity contribution in [3.05, 3.63) is 71.8 Å². The minimum atomic E-state index is -4.13. The maximum atomic E-state index is 10.2. The van der Waals surface area contributed by atoms with Crippen LogP contribution in [-0.2, 0) is 48.8 Å². The van der Waals surface area contributed by atoms with Gasteiger partial charge in [0.25, 0.3) is 0 Å². The van der Waals surface area contributed by atoms with Crippen molar-refractivity contribution in [1.29, 1.82) is 0 Å². The summed E-state index contributed by atoms with van der Waals surface area (Å²) in [6.45, 7) is 0. The van der Waals surface area contributed by atoms with Crippen LogP contribution >= 0.6 is 0 Å². The first-order valence-corrected chi connectivity index (χ1v) is 9.26. The summed E-state index contributed by atoms with van der Waals surface area (Å²) >= 11 is 0. The second-order valence-electron chi connectivity index (χ2n) is 4.38. The minimum absolute atomic E-state index is 0. The molecular formula is C14H14FeO6S2. The molecule has 0 saturated carbocycles. The van der Waals surface area contributed by atoms with E-state index in [1.165, 1.54) is 0 Å². The molecule has 0 aliphatic heterocycles. The van der Waals surface area contributed by atoms with Gasteiger partial charge in [0.05, 0.1) is 31.7 Å². The van der Waals surface area contributed by atoms with E-state index in [0.29, 0.717) is 11.1 Å². The third-order valence-corrected chi connectivity index (χ3v) is 3.75. The average molecular weight is 398 g/mol. The Hall–Kier alpha value is -1.22. The first kappa shape index (κ1) is 21.8. The third kappa shape index (κ3) is 11.9. The summed E-state index contributed by atoms with van der Waals surface area (Å²) in [5, 5.41) is 0. The molecule has 0 bridgehead atoms. The molecule has 0 atom stereocenters. The SMILES string of the molecule is O=S(=O)([O-])Cc1ccccc1.O=S(=O)([O-])Cc1ccccc1.[Fe+2]. The molecule has 0 aromatic heterocycles. The van der Waals surface area contributed by atoms with E-state index in [4.69, 9.17) is 0 Å². The van der Waals surface area contributed by atoms with Gasteiger partial charge in [-0.25, -0.2) is 16.8 Å². The zero-order valence-corrected chi connectivity index (χ0v) is 14.5. The Bertz CT molecular complexity index is 705. The number of hydrogen-bond donors (Lipinski definition) is 0. The Balaban J connectivity index is 0.000000403. The normalized spacial score (nSPS) is 10.9. The summed E-state index contributed by atoms with van der Waals surface area (Å²) in [6, 6.07) is 16.7.